The first-order valence-electron chi connectivity index (χ1n) is 7.49. The number of aryl methyl sites for hydroxylation is 2. The average molecular weight is 323 g/mol. The van der Waals surface area contributed by atoms with Crippen molar-refractivity contribution >= 4 is 22.6 Å². The zero-order valence-electron chi connectivity index (χ0n) is 13.7. The van der Waals surface area contributed by atoms with Crippen molar-refractivity contribution in [3.8, 4) is 5.75 Å². The van der Waals surface area contributed by atoms with Crippen LogP contribution in [0.4, 0.5) is 5.69 Å². The van der Waals surface area contributed by atoms with Crippen LogP contribution >= 0.6 is 0 Å². The van der Waals surface area contributed by atoms with Gasteiger partial charge in [-0.25, -0.2) is 4.79 Å². The fourth-order valence-electron chi connectivity index (χ4n) is 2.65. The standard InChI is InChI=1S/C19H17NO4/c1-11-5-4-6-12(2)18(11)20-19(22)15-10-17(21)24-16-9-13(23-3)7-8-14(15)16/h4-10H,1-3H3,(H,20,22). The first kappa shape index (κ1) is 15.8. The van der Waals surface area contributed by atoms with E-state index >= 15 is 0 Å². The fraction of sp³-hybridized carbons (Fsp3) is 0.158. The minimum Gasteiger partial charge on any atom is -0.497 e. The van der Waals surface area contributed by atoms with Crippen LogP contribution in [0, 0.1) is 13.8 Å². The molecule has 0 aliphatic heterocycles. The maximum Gasteiger partial charge on any atom is 0.337 e. The van der Waals surface area contributed by atoms with E-state index < -0.39 is 5.63 Å². The van der Waals surface area contributed by atoms with Crippen molar-refractivity contribution in [2.75, 3.05) is 12.4 Å². The summed E-state index contributed by atoms with van der Waals surface area (Å²) in [6, 6.07) is 12.0. The van der Waals surface area contributed by atoms with Crippen molar-refractivity contribution in [2.45, 2.75) is 13.8 Å². The number of nitrogens with one attached hydrogen (secondary N) is 1. The van der Waals surface area contributed by atoms with Crippen LogP contribution in [-0.4, -0.2) is 13.0 Å². The van der Waals surface area contributed by atoms with Crippen molar-refractivity contribution in [3.63, 3.8) is 0 Å². The van der Waals surface area contributed by atoms with Crippen molar-refractivity contribution in [1.82, 2.24) is 0 Å². The minimum atomic E-state index is -0.581. The molecule has 122 valence electrons. The van der Waals surface area contributed by atoms with E-state index in [-0.39, 0.29) is 11.5 Å². The predicted octanol–water partition coefficient (Wildman–Crippen LogP) is 3.67. The van der Waals surface area contributed by atoms with Gasteiger partial charge in [-0.05, 0) is 37.1 Å². The van der Waals surface area contributed by atoms with Gasteiger partial charge < -0.3 is 14.5 Å². The van der Waals surface area contributed by atoms with Crippen LogP contribution in [0.2, 0.25) is 0 Å². The van der Waals surface area contributed by atoms with Crippen molar-refractivity contribution in [2.24, 2.45) is 0 Å². The molecule has 0 saturated carbocycles. The maximum atomic E-state index is 12.7. The normalized spacial score (nSPS) is 10.6. The SMILES string of the molecule is COc1ccc2c(C(=O)Nc3c(C)cccc3C)cc(=O)oc2c1. The van der Waals surface area contributed by atoms with Gasteiger partial charge in [-0.15, -0.1) is 0 Å². The Labute approximate surface area is 138 Å². The zero-order valence-corrected chi connectivity index (χ0v) is 13.7. The number of carbonyl (C=O) groups is 1. The third kappa shape index (κ3) is 2.88. The van der Waals surface area contributed by atoms with E-state index in [1.807, 2.05) is 32.0 Å². The number of amides is 1. The number of anilines is 1. The average Bonchev–Trinajstić information content (AvgIpc) is 2.56. The van der Waals surface area contributed by atoms with Crippen molar-refractivity contribution in [3.05, 3.63) is 69.6 Å². The second-order valence-corrected chi connectivity index (χ2v) is 5.56. The second kappa shape index (κ2) is 6.20. The van der Waals surface area contributed by atoms with E-state index in [0.29, 0.717) is 16.7 Å². The number of ether oxygens (including phenoxy) is 1. The summed E-state index contributed by atoms with van der Waals surface area (Å²) in [5.74, 6) is 0.202. The largest absolute Gasteiger partial charge is 0.497 e. The van der Waals surface area contributed by atoms with Gasteiger partial charge in [-0.2, -0.15) is 0 Å². The van der Waals surface area contributed by atoms with Gasteiger partial charge >= 0.3 is 5.63 Å². The van der Waals surface area contributed by atoms with E-state index in [9.17, 15) is 9.59 Å². The molecule has 1 aromatic heterocycles. The van der Waals surface area contributed by atoms with Crippen LogP contribution in [0.25, 0.3) is 11.0 Å². The van der Waals surface area contributed by atoms with Gasteiger partial charge in [-0.1, -0.05) is 18.2 Å². The number of hydrogen-bond donors (Lipinski definition) is 1. The van der Waals surface area contributed by atoms with E-state index in [1.165, 1.54) is 13.2 Å². The summed E-state index contributed by atoms with van der Waals surface area (Å²) >= 11 is 0. The van der Waals surface area contributed by atoms with Gasteiger partial charge in [0.25, 0.3) is 5.91 Å². The highest BCUT2D eigenvalue weighted by Gasteiger charge is 2.15. The Morgan fingerprint density at radius 1 is 1.08 bits per heavy atom. The van der Waals surface area contributed by atoms with Gasteiger partial charge in [0, 0.05) is 23.2 Å². The van der Waals surface area contributed by atoms with Gasteiger partial charge in [0.1, 0.15) is 11.3 Å². The van der Waals surface area contributed by atoms with E-state index in [4.69, 9.17) is 9.15 Å². The van der Waals surface area contributed by atoms with Gasteiger partial charge in [0.15, 0.2) is 0 Å². The molecular weight excluding hydrogens is 306 g/mol. The summed E-state index contributed by atoms with van der Waals surface area (Å²) < 4.78 is 10.3. The molecule has 0 spiro atoms. The highest BCUT2D eigenvalue weighted by molar-refractivity contribution is 6.12. The molecule has 0 radical (unpaired) electrons. The van der Waals surface area contributed by atoms with Crippen LogP contribution in [0.15, 0.2) is 51.7 Å². The minimum absolute atomic E-state index is 0.270. The van der Waals surface area contributed by atoms with E-state index in [0.717, 1.165) is 16.8 Å². The van der Waals surface area contributed by atoms with Crippen LogP contribution in [0.5, 0.6) is 5.75 Å². The predicted molar refractivity (Wildman–Crippen MR) is 92.9 cm³/mol. The van der Waals surface area contributed by atoms with Crippen molar-refractivity contribution in [1.29, 1.82) is 0 Å². The molecule has 0 bridgehead atoms. The number of methoxy groups -OCH3 is 1. The molecule has 5 nitrogen and oxygen atoms in total. The summed E-state index contributed by atoms with van der Waals surface area (Å²) in [6.07, 6.45) is 0. The van der Waals surface area contributed by atoms with Gasteiger partial charge in [0.2, 0.25) is 0 Å². The Kier molecular flexibility index (Phi) is 4.08. The summed E-state index contributed by atoms with van der Waals surface area (Å²) in [7, 11) is 1.52. The lowest BCUT2D eigenvalue weighted by Crippen LogP contribution is -2.16. The third-order valence-electron chi connectivity index (χ3n) is 3.92. The van der Waals surface area contributed by atoms with Gasteiger partial charge in [0.05, 0.1) is 12.7 Å². The summed E-state index contributed by atoms with van der Waals surface area (Å²) in [5.41, 5.74) is 2.66. The lowest BCUT2D eigenvalue weighted by atomic mass is 10.1. The molecule has 2 aromatic carbocycles. The van der Waals surface area contributed by atoms with E-state index in [1.54, 1.807) is 18.2 Å². The Bertz CT molecular complexity index is 968. The Morgan fingerprint density at radius 2 is 1.79 bits per heavy atom. The third-order valence-corrected chi connectivity index (χ3v) is 3.92. The van der Waals surface area contributed by atoms with Crippen LogP contribution in [-0.2, 0) is 0 Å². The quantitative estimate of drug-likeness (QED) is 0.747. The van der Waals surface area contributed by atoms with Crippen LogP contribution < -0.4 is 15.7 Å². The molecule has 3 aromatic rings. The zero-order chi connectivity index (χ0) is 17.3. The molecule has 0 aliphatic rings. The Balaban J connectivity index is 2.08. The summed E-state index contributed by atoms with van der Waals surface area (Å²) in [4.78, 5) is 24.5. The molecule has 0 fully saturated rings. The topological polar surface area (TPSA) is 68.5 Å². The Hall–Kier alpha value is -3.08. The molecule has 0 aliphatic carbocycles. The Morgan fingerprint density at radius 3 is 2.46 bits per heavy atom. The number of fused-ring (bicyclic) bond motifs is 1. The monoisotopic (exact) mass is 323 g/mol. The van der Waals surface area contributed by atoms with Gasteiger partial charge in [-0.3, -0.25) is 4.79 Å². The van der Waals surface area contributed by atoms with E-state index in [2.05, 4.69) is 5.32 Å². The van der Waals surface area contributed by atoms with Crippen LogP contribution in [0.3, 0.4) is 0 Å². The van der Waals surface area contributed by atoms with Crippen LogP contribution in [0.1, 0.15) is 21.5 Å². The molecular formula is C19H17NO4. The molecule has 1 N–H and O–H groups in total. The number of para-hydroxylation sites is 1. The fourth-order valence-corrected chi connectivity index (χ4v) is 2.65. The molecule has 1 amide bonds. The molecule has 0 unspecified atom stereocenters. The summed E-state index contributed by atoms with van der Waals surface area (Å²) in [5, 5.41) is 3.45. The number of rotatable bonds is 3. The number of carbonyl (C=O) groups excluding carboxylic acids is 1. The first-order valence-corrected chi connectivity index (χ1v) is 7.49. The molecule has 0 saturated heterocycles. The second-order valence-electron chi connectivity index (χ2n) is 5.56. The highest BCUT2D eigenvalue weighted by atomic mass is 16.5. The molecule has 0 atom stereocenters. The molecule has 24 heavy (non-hydrogen) atoms. The lowest BCUT2D eigenvalue weighted by molar-refractivity contribution is 0.102. The smallest absolute Gasteiger partial charge is 0.337 e. The molecule has 5 heteroatoms. The maximum absolute atomic E-state index is 12.7. The lowest BCUT2D eigenvalue weighted by Gasteiger charge is -2.12. The summed E-state index contributed by atoms with van der Waals surface area (Å²) in [6.45, 7) is 3.84. The first-order chi connectivity index (χ1) is 11.5. The highest BCUT2D eigenvalue weighted by Crippen LogP contribution is 2.25. The molecule has 1 heterocycles. The number of hydrogen-bond acceptors (Lipinski definition) is 4. The van der Waals surface area contributed by atoms with Crippen molar-refractivity contribution < 1.29 is 13.9 Å². The molecule has 3 rings (SSSR count). The number of benzene rings is 2.